The Balaban J connectivity index is 2.17. The summed E-state index contributed by atoms with van der Waals surface area (Å²) in [6, 6.07) is 1.55. The standard InChI is InChI=1S/C16H20O4/c1-8-9(2)19-15-10-5-6-16(3,4)20-12(10)7-11(17)13(15)14(8)18/h7-9,17H,5-6H2,1-4H3/t8-,9?/m1/s1. The van der Waals surface area contributed by atoms with Crippen molar-refractivity contribution in [1.29, 1.82) is 0 Å². The molecule has 2 atom stereocenters. The second-order valence-electron chi connectivity index (χ2n) is 6.41. The minimum Gasteiger partial charge on any atom is -0.507 e. The fraction of sp³-hybridized carbons (Fsp3) is 0.562. The SMILES string of the molecule is CC1Oc2c3c(cc(O)c2C(=O)[C@@H]1C)OC(C)(C)CC3. The van der Waals surface area contributed by atoms with Crippen molar-refractivity contribution < 1.29 is 19.4 Å². The number of carbonyl (C=O) groups excluding carboxylic acids is 1. The number of hydrogen-bond acceptors (Lipinski definition) is 4. The van der Waals surface area contributed by atoms with Gasteiger partial charge in [-0.1, -0.05) is 6.92 Å². The van der Waals surface area contributed by atoms with Crippen molar-refractivity contribution >= 4 is 5.78 Å². The van der Waals surface area contributed by atoms with Gasteiger partial charge in [-0.2, -0.15) is 0 Å². The minimum atomic E-state index is -0.259. The topological polar surface area (TPSA) is 55.8 Å². The number of ether oxygens (including phenoxy) is 2. The molecule has 108 valence electrons. The van der Waals surface area contributed by atoms with Gasteiger partial charge in [-0.25, -0.2) is 0 Å². The van der Waals surface area contributed by atoms with Crippen LogP contribution in [0.15, 0.2) is 6.07 Å². The zero-order valence-corrected chi connectivity index (χ0v) is 12.3. The van der Waals surface area contributed by atoms with Crippen LogP contribution in [0.25, 0.3) is 0 Å². The van der Waals surface area contributed by atoms with Gasteiger partial charge in [0.25, 0.3) is 0 Å². The first-order chi connectivity index (χ1) is 9.30. The summed E-state index contributed by atoms with van der Waals surface area (Å²) in [6.07, 6.45) is 1.47. The molecule has 1 aromatic carbocycles. The number of hydrogen-bond donors (Lipinski definition) is 1. The normalized spacial score (nSPS) is 27.1. The zero-order valence-electron chi connectivity index (χ0n) is 12.3. The predicted molar refractivity (Wildman–Crippen MR) is 74.7 cm³/mol. The average molecular weight is 276 g/mol. The molecule has 0 fully saturated rings. The third-order valence-electron chi connectivity index (χ3n) is 4.35. The third-order valence-corrected chi connectivity index (χ3v) is 4.35. The Morgan fingerprint density at radius 3 is 2.75 bits per heavy atom. The fourth-order valence-electron chi connectivity index (χ4n) is 2.86. The highest BCUT2D eigenvalue weighted by molar-refractivity contribution is 6.04. The molecule has 2 heterocycles. The van der Waals surface area contributed by atoms with Crippen molar-refractivity contribution in [2.45, 2.75) is 52.2 Å². The summed E-state index contributed by atoms with van der Waals surface area (Å²) < 4.78 is 11.8. The van der Waals surface area contributed by atoms with Gasteiger partial charge in [0.1, 0.15) is 34.5 Å². The molecular formula is C16H20O4. The van der Waals surface area contributed by atoms with Gasteiger partial charge in [0.2, 0.25) is 0 Å². The number of aromatic hydroxyl groups is 1. The Morgan fingerprint density at radius 1 is 1.35 bits per heavy atom. The minimum absolute atomic E-state index is 0.0415. The Hall–Kier alpha value is -1.71. The van der Waals surface area contributed by atoms with E-state index in [2.05, 4.69) is 0 Å². The van der Waals surface area contributed by atoms with E-state index in [1.807, 2.05) is 27.7 Å². The van der Waals surface area contributed by atoms with Crippen LogP contribution in [0.5, 0.6) is 17.2 Å². The van der Waals surface area contributed by atoms with E-state index in [-0.39, 0.29) is 29.2 Å². The van der Waals surface area contributed by atoms with Crippen LogP contribution >= 0.6 is 0 Å². The molecule has 2 aliphatic rings. The van der Waals surface area contributed by atoms with Crippen LogP contribution in [0.1, 0.15) is 50.0 Å². The van der Waals surface area contributed by atoms with Gasteiger partial charge in [-0.05, 0) is 33.6 Å². The summed E-state index contributed by atoms with van der Waals surface area (Å²) in [6.45, 7) is 7.75. The molecule has 0 aliphatic carbocycles. The molecule has 1 N–H and O–H groups in total. The lowest BCUT2D eigenvalue weighted by molar-refractivity contribution is 0.0675. The maximum absolute atomic E-state index is 12.4. The molecule has 4 nitrogen and oxygen atoms in total. The summed E-state index contributed by atoms with van der Waals surface area (Å²) >= 11 is 0. The number of rotatable bonds is 0. The van der Waals surface area contributed by atoms with Gasteiger partial charge >= 0.3 is 0 Å². The molecule has 0 spiro atoms. The Morgan fingerprint density at radius 2 is 2.05 bits per heavy atom. The van der Waals surface area contributed by atoms with Crippen molar-refractivity contribution in [1.82, 2.24) is 0 Å². The zero-order chi connectivity index (χ0) is 14.7. The second-order valence-corrected chi connectivity index (χ2v) is 6.41. The Kier molecular flexibility index (Phi) is 2.75. The quantitative estimate of drug-likeness (QED) is 0.791. The maximum atomic E-state index is 12.4. The van der Waals surface area contributed by atoms with Gasteiger partial charge in [0.05, 0.1) is 5.92 Å². The lowest BCUT2D eigenvalue weighted by Gasteiger charge is -2.36. The van der Waals surface area contributed by atoms with Gasteiger partial charge < -0.3 is 14.6 Å². The first-order valence-electron chi connectivity index (χ1n) is 7.09. The highest BCUT2D eigenvalue weighted by Gasteiger charge is 2.39. The second kappa shape index (κ2) is 4.14. The summed E-state index contributed by atoms with van der Waals surface area (Å²) in [5, 5.41) is 10.2. The number of benzene rings is 1. The van der Waals surface area contributed by atoms with Crippen molar-refractivity contribution in [3.05, 3.63) is 17.2 Å². The number of phenols is 1. The van der Waals surface area contributed by atoms with Gasteiger partial charge in [-0.3, -0.25) is 4.79 Å². The fourth-order valence-corrected chi connectivity index (χ4v) is 2.86. The summed E-state index contributed by atoms with van der Waals surface area (Å²) in [7, 11) is 0. The maximum Gasteiger partial charge on any atom is 0.176 e. The van der Waals surface area contributed by atoms with E-state index >= 15 is 0 Å². The molecular weight excluding hydrogens is 256 g/mol. The van der Waals surface area contributed by atoms with E-state index in [4.69, 9.17) is 9.47 Å². The summed E-state index contributed by atoms with van der Waals surface area (Å²) in [4.78, 5) is 12.4. The molecule has 0 bridgehead atoms. The third kappa shape index (κ3) is 1.86. The molecule has 1 unspecified atom stereocenters. The molecule has 0 saturated heterocycles. The highest BCUT2D eigenvalue weighted by Crippen LogP contribution is 2.47. The van der Waals surface area contributed by atoms with Crippen LogP contribution in [0.2, 0.25) is 0 Å². The summed E-state index contributed by atoms with van der Waals surface area (Å²) in [5.41, 5.74) is 0.965. The highest BCUT2D eigenvalue weighted by atomic mass is 16.5. The van der Waals surface area contributed by atoms with E-state index in [1.165, 1.54) is 0 Å². The molecule has 0 aromatic heterocycles. The number of ketones is 1. The van der Waals surface area contributed by atoms with Crippen LogP contribution in [0, 0.1) is 5.92 Å². The van der Waals surface area contributed by atoms with Crippen molar-refractivity contribution in [2.24, 2.45) is 5.92 Å². The van der Waals surface area contributed by atoms with Crippen LogP contribution in [-0.4, -0.2) is 22.6 Å². The van der Waals surface area contributed by atoms with E-state index in [0.717, 1.165) is 18.4 Å². The number of carbonyl (C=O) groups is 1. The smallest absolute Gasteiger partial charge is 0.176 e. The number of Topliss-reactive ketones (excluding diaryl/α,β-unsaturated/α-hetero) is 1. The van der Waals surface area contributed by atoms with Crippen LogP contribution in [-0.2, 0) is 6.42 Å². The largest absolute Gasteiger partial charge is 0.507 e. The number of fused-ring (bicyclic) bond motifs is 3. The lowest BCUT2D eigenvalue weighted by atomic mass is 9.86. The molecule has 3 rings (SSSR count). The van der Waals surface area contributed by atoms with E-state index < -0.39 is 0 Å². The van der Waals surface area contributed by atoms with Crippen molar-refractivity contribution in [3.8, 4) is 17.2 Å². The lowest BCUT2D eigenvalue weighted by Crippen LogP contribution is -2.36. The first-order valence-corrected chi connectivity index (χ1v) is 7.09. The molecule has 20 heavy (non-hydrogen) atoms. The van der Waals surface area contributed by atoms with Crippen LogP contribution in [0.4, 0.5) is 0 Å². The Labute approximate surface area is 118 Å². The number of phenolic OH excluding ortho intramolecular Hbond substituents is 1. The van der Waals surface area contributed by atoms with Crippen molar-refractivity contribution in [3.63, 3.8) is 0 Å². The van der Waals surface area contributed by atoms with Gasteiger partial charge in [0, 0.05) is 11.6 Å². The van der Waals surface area contributed by atoms with Crippen LogP contribution < -0.4 is 9.47 Å². The van der Waals surface area contributed by atoms with Crippen molar-refractivity contribution in [2.75, 3.05) is 0 Å². The molecule has 4 heteroatoms. The molecule has 0 amide bonds. The van der Waals surface area contributed by atoms with Gasteiger partial charge in [0.15, 0.2) is 5.78 Å². The van der Waals surface area contributed by atoms with Gasteiger partial charge in [-0.15, -0.1) is 0 Å². The molecule has 1 aromatic rings. The molecule has 2 aliphatic heterocycles. The van der Waals surface area contributed by atoms with E-state index in [9.17, 15) is 9.90 Å². The average Bonchev–Trinajstić information content (AvgIpc) is 2.34. The molecule has 0 saturated carbocycles. The summed E-state index contributed by atoms with van der Waals surface area (Å²) in [5.74, 6) is 0.814. The van der Waals surface area contributed by atoms with Crippen LogP contribution in [0.3, 0.4) is 0 Å². The first kappa shape index (κ1) is 13.3. The molecule has 0 radical (unpaired) electrons. The Bertz CT molecular complexity index is 589. The predicted octanol–water partition coefficient (Wildman–Crippen LogP) is 3.10. The van der Waals surface area contributed by atoms with E-state index in [0.29, 0.717) is 17.1 Å². The van der Waals surface area contributed by atoms with E-state index in [1.54, 1.807) is 6.07 Å². The monoisotopic (exact) mass is 276 g/mol.